The predicted octanol–water partition coefficient (Wildman–Crippen LogP) is 4.29. The van der Waals surface area contributed by atoms with Crippen LogP contribution in [0.4, 0.5) is 0 Å². The largest absolute Gasteiger partial charge is 0.481 e. The minimum Gasteiger partial charge on any atom is -0.481 e. The Bertz CT molecular complexity index is 577. The van der Waals surface area contributed by atoms with Crippen LogP contribution in [0, 0.1) is 0 Å². The van der Waals surface area contributed by atoms with Gasteiger partial charge in [-0.1, -0.05) is 41.4 Å². The summed E-state index contributed by atoms with van der Waals surface area (Å²) in [5, 5.41) is 10.1. The lowest BCUT2D eigenvalue weighted by atomic mass is 9.98. The highest BCUT2D eigenvalue weighted by Gasteiger charge is 2.09. The Hall–Kier alpha value is -1.51. The van der Waals surface area contributed by atoms with E-state index in [-0.39, 0.29) is 6.42 Å². The van der Waals surface area contributed by atoms with Gasteiger partial charge in [-0.3, -0.25) is 4.79 Å². The Kier molecular flexibility index (Phi) is 3.90. The van der Waals surface area contributed by atoms with Crippen LogP contribution < -0.4 is 0 Å². The Morgan fingerprint density at radius 2 is 1.61 bits per heavy atom. The van der Waals surface area contributed by atoms with E-state index < -0.39 is 5.97 Å². The fourth-order valence-electron chi connectivity index (χ4n) is 1.78. The first kappa shape index (κ1) is 12.9. The number of carbonyl (C=O) groups is 1. The van der Waals surface area contributed by atoms with Crippen molar-refractivity contribution in [3.8, 4) is 11.1 Å². The van der Waals surface area contributed by atoms with Gasteiger partial charge in [-0.05, 0) is 41.0 Å². The van der Waals surface area contributed by atoms with E-state index in [1.165, 1.54) is 0 Å². The van der Waals surface area contributed by atoms with E-state index in [1.807, 2.05) is 18.2 Å². The van der Waals surface area contributed by atoms with Crippen LogP contribution in [0.25, 0.3) is 11.1 Å². The summed E-state index contributed by atoms with van der Waals surface area (Å²) < 4.78 is 0. The van der Waals surface area contributed by atoms with Crippen LogP contribution in [0.2, 0.25) is 10.0 Å². The highest BCUT2D eigenvalue weighted by Crippen LogP contribution is 2.28. The molecule has 0 amide bonds. The smallest absolute Gasteiger partial charge is 0.307 e. The van der Waals surface area contributed by atoms with E-state index in [2.05, 4.69) is 0 Å². The van der Waals surface area contributed by atoms with Crippen LogP contribution in [-0.4, -0.2) is 11.1 Å². The monoisotopic (exact) mass is 280 g/mol. The molecule has 0 aliphatic carbocycles. The van der Waals surface area contributed by atoms with Crippen molar-refractivity contribution in [2.24, 2.45) is 0 Å². The Morgan fingerprint density at radius 3 is 2.22 bits per heavy atom. The number of carboxylic acid groups (broad SMARTS) is 1. The maximum Gasteiger partial charge on any atom is 0.307 e. The molecule has 4 heteroatoms. The molecule has 0 saturated carbocycles. The first-order valence-electron chi connectivity index (χ1n) is 5.32. The van der Waals surface area contributed by atoms with Crippen LogP contribution in [0.3, 0.4) is 0 Å². The molecule has 0 spiro atoms. The fraction of sp³-hybridized carbons (Fsp3) is 0.0714. The summed E-state index contributed by atoms with van der Waals surface area (Å²) in [5.41, 5.74) is 2.48. The minimum atomic E-state index is -0.882. The molecule has 0 heterocycles. The van der Waals surface area contributed by atoms with Gasteiger partial charge in [0.15, 0.2) is 0 Å². The van der Waals surface area contributed by atoms with Crippen LogP contribution in [0.15, 0.2) is 42.5 Å². The average Bonchev–Trinajstić information content (AvgIpc) is 2.30. The summed E-state index contributed by atoms with van der Waals surface area (Å²) in [6.07, 6.45) is -0.0570. The molecule has 18 heavy (non-hydrogen) atoms. The molecule has 2 aromatic rings. The molecule has 0 bridgehead atoms. The number of hydrogen-bond acceptors (Lipinski definition) is 1. The van der Waals surface area contributed by atoms with Gasteiger partial charge in [-0.25, -0.2) is 0 Å². The second kappa shape index (κ2) is 5.42. The fourth-order valence-corrected chi connectivity index (χ4v) is 2.10. The molecule has 0 aliphatic rings. The maximum absolute atomic E-state index is 10.9. The zero-order valence-corrected chi connectivity index (χ0v) is 10.9. The van der Waals surface area contributed by atoms with Crippen LogP contribution >= 0.6 is 23.2 Å². The number of carboxylic acids is 1. The number of rotatable bonds is 3. The van der Waals surface area contributed by atoms with Gasteiger partial charge in [0, 0.05) is 10.0 Å². The zero-order chi connectivity index (χ0) is 13.1. The Balaban J connectivity index is 2.49. The second-order valence-corrected chi connectivity index (χ2v) is 4.75. The molecule has 0 aromatic heterocycles. The molecule has 92 valence electrons. The molecule has 0 fully saturated rings. The summed E-state index contributed by atoms with van der Waals surface area (Å²) in [6.45, 7) is 0. The number of benzene rings is 2. The van der Waals surface area contributed by atoms with E-state index in [0.717, 1.165) is 11.1 Å². The summed E-state index contributed by atoms with van der Waals surface area (Å²) in [7, 11) is 0. The molecule has 2 nitrogen and oxygen atoms in total. The molecule has 0 atom stereocenters. The van der Waals surface area contributed by atoms with Crippen LogP contribution in [0.5, 0.6) is 0 Å². The summed E-state index contributed by atoms with van der Waals surface area (Å²) in [5.74, 6) is -0.882. The highest BCUT2D eigenvalue weighted by molar-refractivity contribution is 6.31. The second-order valence-electron chi connectivity index (χ2n) is 3.88. The SMILES string of the molecule is O=C(O)Cc1cc(Cl)ccc1-c1ccc(Cl)cc1. The van der Waals surface area contributed by atoms with Gasteiger partial charge in [0.25, 0.3) is 0 Å². The van der Waals surface area contributed by atoms with E-state index in [4.69, 9.17) is 28.3 Å². The molecule has 2 rings (SSSR count). The van der Waals surface area contributed by atoms with E-state index in [0.29, 0.717) is 15.6 Å². The van der Waals surface area contributed by atoms with Gasteiger partial charge in [-0.15, -0.1) is 0 Å². The molecule has 0 saturated heterocycles. The molecule has 0 aliphatic heterocycles. The van der Waals surface area contributed by atoms with Crippen molar-refractivity contribution >= 4 is 29.2 Å². The van der Waals surface area contributed by atoms with Gasteiger partial charge >= 0.3 is 5.97 Å². The van der Waals surface area contributed by atoms with Gasteiger partial charge in [0.2, 0.25) is 0 Å². The first-order valence-corrected chi connectivity index (χ1v) is 6.08. The number of halogens is 2. The van der Waals surface area contributed by atoms with E-state index in [9.17, 15) is 4.79 Å². The van der Waals surface area contributed by atoms with Crippen molar-refractivity contribution in [2.45, 2.75) is 6.42 Å². The van der Waals surface area contributed by atoms with E-state index in [1.54, 1.807) is 24.3 Å². The molecular weight excluding hydrogens is 271 g/mol. The topological polar surface area (TPSA) is 37.3 Å². The molecule has 0 radical (unpaired) electrons. The minimum absolute atomic E-state index is 0.0570. The van der Waals surface area contributed by atoms with E-state index >= 15 is 0 Å². The first-order chi connectivity index (χ1) is 8.56. The third-order valence-corrected chi connectivity index (χ3v) is 3.05. The summed E-state index contributed by atoms with van der Waals surface area (Å²) >= 11 is 11.7. The molecule has 2 aromatic carbocycles. The zero-order valence-electron chi connectivity index (χ0n) is 9.36. The van der Waals surface area contributed by atoms with Crippen molar-refractivity contribution in [2.75, 3.05) is 0 Å². The van der Waals surface area contributed by atoms with Crippen LogP contribution in [-0.2, 0) is 11.2 Å². The van der Waals surface area contributed by atoms with Gasteiger partial charge < -0.3 is 5.11 Å². The Morgan fingerprint density at radius 1 is 1.00 bits per heavy atom. The Labute approximate surface area is 115 Å². The van der Waals surface area contributed by atoms with Crippen LogP contribution in [0.1, 0.15) is 5.56 Å². The highest BCUT2D eigenvalue weighted by atomic mass is 35.5. The number of hydrogen-bond donors (Lipinski definition) is 1. The van der Waals surface area contributed by atoms with Gasteiger partial charge in [-0.2, -0.15) is 0 Å². The quantitative estimate of drug-likeness (QED) is 0.911. The predicted molar refractivity (Wildman–Crippen MR) is 73.2 cm³/mol. The average molecular weight is 281 g/mol. The third-order valence-electron chi connectivity index (χ3n) is 2.56. The molecular formula is C14H10Cl2O2. The van der Waals surface area contributed by atoms with Crippen molar-refractivity contribution < 1.29 is 9.90 Å². The van der Waals surface area contributed by atoms with Crippen molar-refractivity contribution in [3.05, 3.63) is 58.1 Å². The lowest BCUT2D eigenvalue weighted by Gasteiger charge is -2.09. The summed E-state index contributed by atoms with van der Waals surface area (Å²) in [4.78, 5) is 10.9. The number of aliphatic carboxylic acids is 1. The normalized spacial score (nSPS) is 10.3. The van der Waals surface area contributed by atoms with Gasteiger partial charge in [0.05, 0.1) is 6.42 Å². The van der Waals surface area contributed by atoms with Crippen molar-refractivity contribution in [3.63, 3.8) is 0 Å². The lowest BCUT2D eigenvalue weighted by molar-refractivity contribution is -0.136. The van der Waals surface area contributed by atoms with Crippen molar-refractivity contribution in [1.82, 2.24) is 0 Å². The standard InChI is InChI=1S/C14H10Cl2O2/c15-11-3-1-9(2-4-11)13-6-5-12(16)7-10(13)8-14(17)18/h1-7H,8H2,(H,17,18). The summed E-state index contributed by atoms with van der Waals surface area (Å²) in [6, 6.07) is 12.5. The van der Waals surface area contributed by atoms with Gasteiger partial charge in [0.1, 0.15) is 0 Å². The maximum atomic E-state index is 10.9. The molecule has 0 unspecified atom stereocenters. The third kappa shape index (κ3) is 3.03. The molecule has 1 N–H and O–H groups in total. The van der Waals surface area contributed by atoms with Crippen molar-refractivity contribution in [1.29, 1.82) is 0 Å². The lowest BCUT2D eigenvalue weighted by Crippen LogP contribution is -2.01.